The Morgan fingerprint density at radius 2 is 2.00 bits per heavy atom. The van der Waals surface area contributed by atoms with E-state index in [2.05, 4.69) is 0 Å². The van der Waals surface area contributed by atoms with Crippen molar-refractivity contribution in [2.24, 2.45) is 0 Å². The number of nitrogens with zero attached hydrogens (tertiary/aromatic N) is 1. The topological polar surface area (TPSA) is 46.6 Å². The van der Waals surface area contributed by atoms with E-state index in [1.54, 1.807) is 41.3 Å². The van der Waals surface area contributed by atoms with Crippen molar-refractivity contribution >= 4 is 41.1 Å². The van der Waals surface area contributed by atoms with Crippen LogP contribution in [-0.2, 0) is 11.2 Å². The summed E-state index contributed by atoms with van der Waals surface area (Å²) in [6.45, 7) is 0.857. The molecule has 0 fully saturated rings. The Kier molecular flexibility index (Phi) is 4.55. The Morgan fingerprint density at radius 1 is 1.17 bits per heavy atom. The minimum absolute atomic E-state index is 0.0870. The third-order valence-electron chi connectivity index (χ3n) is 3.62. The average molecular weight is 350 g/mol. The molecule has 0 saturated carbocycles. The van der Waals surface area contributed by atoms with Crippen LogP contribution in [0.25, 0.3) is 0 Å². The van der Waals surface area contributed by atoms with E-state index < -0.39 is 0 Å². The van der Waals surface area contributed by atoms with Crippen LogP contribution in [0.2, 0.25) is 10.0 Å². The van der Waals surface area contributed by atoms with Crippen molar-refractivity contribution < 1.29 is 14.3 Å². The van der Waals surface area contributed by atoms with Crippen LogP contribution in [0.15, 0.2) is 36.4 Å². The van der Waals surface area contributed by atoms with Crippen molar-refractivity contribution in [3.63, 3.8) is 0 Å². The molecule has 0 aromatic heterocycles. The van der Waals surface area contributed by atoms with E-state index in [0.717, 1.165) is 11.8 Å². The highest BCUT2D eigenvalue weighted by Crippen LogP contribution is 2.33. The number of hydrogen-bond acceptors (Lipinski definition) is 3. The van der Waals surface area contributed by atoms with Crippen molar-refractivity contribution in [3.05, 3.63) is 57.6 Å². The maximum atomic E-state index is 12.6. The summed E-state index contributed by atoms with van der Waals surface area (Å²) < 4.78 is 5.54. The van der Waals surface area contributed by atoms with Crippen molar-refractivity contribution in [1.29, 1.82) is 0 Å². The van der Waals surface area contributed by atoms with Gasteiger partial charge in [0.05, 0.1) is 28.7 Å². The van der Waals surface area contributed by atoms with Gasteiger partial charge in [0.2, 0.25) is 5.91 Å². The first-order chi connectivity index (χ1) is 11.1. The number of amides is 1. The van der Waals surface area contributed by atoms with Crippen molar-refractivity contribution in [2.75, 3.05) is 18.1 Å². The zero-order valence-electron chi connectivity index (χ0n) is 12.1. The van der Waals surface area contributed by atoms with Gasteiger partial charge in [-0.25, -0.2) is 0 Å². The van der Waals surface area contributed by atoms with Crippen LogP contribution in [0.1, 0.15) is 15.9 Å². The van der Waals surface area contributed by atoms with Gasteiger partial charge in [0, 0.05) is 5.56 Å². The lowest BCUT2D eigenvalue weighted by Gasteiger charge is -2.29. The smallest absolute Gasteiger partial charge is 0.231 e. The SMILES string of the molecule is O=Cc1ccc2c(c1)N(C(=O)Cc1ccc(Cl)c(Cl)c1)CCO2. The fourth-order valence-corrected chi connectivity index (χ4v) is 2.81. The van der Waals surface area contributed by atoms with E-state index in [-0.39, 0.29) is 12.3 Å². The average Bonchev–Trinajstić information content (AvgIpc) is 2.57. The van der Waals surface area contributed by atoms with Gasteiger partial charge in [0.25, 0.3) is 0 Å². The Labute approximate surface area is 143 Å². The summed E-state index contributed by atoms with van der Waals surface area (Å²) in [4.78, 5) is 25.2. The maximum Gasteiger partial charge on any atom is 0.231 e. The Morgan fingerprint density at radius 3 is 2.74 bits per heavy atom. The molecule has 4 nitrogen and oxygen atoms in total. The summed E-state index contributed by atoms with van der Waals surface area (Å²) in [6, 6.07) is 10.2. The molecule has 0 spiro atoms. The zero-order chi connectivity index (χ0) is 16.4. The van der Waals surface area contributed by atoms with Crippen LogP contribution in [-0.4, -0.2) is 25.3 Å². The highest BCUT2D eigenvalue weighted by Gasteiger charge is 2.24. The molecule has 1 amide bonds. The summed E-state index contributed by atoms with van der Waals surface area (Å²) in [6.07, 6.45) is 0.943. The second-order valence-electron chi connectivity index (χ2n) is 5.16. The summed E-state index contributed by atoms with van der Waals surface area (Å²) >= 11 is 11.9. The van der Waals surface area contributed by atoms with Crippen LogP contribution in [0.3, 0.4) is 0 Å². The number of fused-ring (bicyclic) bond motifs is 1. The Balaban J connectivity index is 1.86. The molecule has 0 bridgehead atoms. The number of benzene rings is 2. The number of aldehydes is 1. The van der Waals surface area contributed by atoms with Gasteiger partial charge < -0.3 is 9.64 Å². The lowest BCUT2D eigenvalue weighted by Crippen LogP contribution is -2.38. The first-order valence-corrected chi connectivity index (χ1v) is 7.80. The van der Waals surface area contributed by atoms with Crippen LogP contribution < -0.4 is 9.64 Å². The summed E-state index contributed by atoms with van der Waals surface area (Å²) in [5, 5.41) is 0.873. The minimum atomic E-state index is -0.0870. The van der Waals surface area contributed by atoms with E-state index in [4.69, 9.17) is 27.9 Å². The fraction of sp³-hybridized carbons (Fsp3) is 0.176. The molecule has 1 heterocycles. The predicted octanol–water partition coefficient (Wildman–Crippen LogP) is 3.77. The summed E-state index contributed by atoms with van der Waals surface area (Å²) in [5.74, 6) is 0.514. The largest absolute Gasteiger partial charge is 0.490 e. The molecule has 2 aromatic rings. The molecule has 0 radical (unpaired) electrons. The second kappa shape index (κ2) is 6.60. The standard InChI is InChI=1S/C17H13Cl2NO3/c18-13-3-1-11(7-14(13)19)9-17(22)20-5-6-23-16-4-2-12(10-21)8-15(16)20/h1-4,7-8,10H,5-6,9H2. The first kappa shape index (κ1) is 15.8. The zero-order valence-corrected chi connectivity index (χ0v) is 13.6. The van der Waals surface area contributed by atoms with Gasteiger partial charge in [0.1, 0.15) is 18.6 Å². The Bertz CT molecular complexity index is 776. The maximum absolute atomic E-state index is 12.6. The van der Waals surface area contributed by atoms with Gasteiger partial charge in [-0.15, -0.1) is 0 Å². The normalized spacial score (nSPS) is 13.2. The second-order valence-corrected chi connectivity index (χ2v) is 5.98. The molecular weight excluding hydrogens is 337 g/mol. The molecule has 0 unspecified atom stereocenters. The monoisotopic (exact) mass is 349 g/mol. The van der Waals surface area contributed by atoms with Crippen LogP contribution in [0.4, 0.5) is 5.69 Å². The molecule has 118 valence electrons. The number of rotatable bonds is 3. The molecule has 0 N–H and O–H groups in total. The van der Waals surface area contributed by atoms with E-state index >= 15 is 0 Å². The van der Waals surface area contributed by atoms with Crippen molar-refractivity contribution in [2.45, 2.75) is 6.42 Å². The van der Waals surface area contributed by atoms with Gasteiger partial charge in [-0.2, -0.15) is 0 Å². The van der Waals surface area contributed by atoms with Crippen molar-refractivity contribution in [1.82, 2.24) is 0 Å². The third kappa shape index (κ3) is 3.33. The molecule has 0 atom stereocenters. The summed E-state index contributed by atoms with van der Waals surface area (Å²) in [7, 11) is 0. The molecule has 3 rings (SSSR count). The van der Waals surface area contributed by atoms with Gasteiger partial charge >= 0.3 is 0 Å². The van der Waals surface area contributed by atoms with E-state index in [1.165, 1.54) is 0 Å². The number of carbonyl (C=O) groups is 2. The molecule has 1 aliphatic rings. The van der Waals surface area contributed by atoms with E-state index in [0.29, 0.717) is 40.2 Å². The minimum Gasteiger partial charge on any atom is -0.490 e. The number of halogens is 2. The summed E-state index contributed by atoms with van der Waals surface area (Å²) in [5.41, 5.74) is 1.90. The highest BCUT2D eigenvalue weighted by molar-refractivity contribution is 6.42. The van der Waals surface area contributed by atoms with Gasteiger partial charge in [0.15, 0.2) is 0 Å². The molecule has 1 aliphatic heterocycles. The van der Waals surface area contributed by atoms with Gasteiger partial charge in [-0.3, -0.25) is 9.59 Å². The van der Waals surface area contributed by atoms with Gasteiger partial charge in [-0.1, -0.05) is 29.3 Å². The number of ether oxygens (including phenoxy) is 1. The van der Waals surface area contributed by atoms with Crippen LogP contribution in [0, 0.1) is 0 Å². The molecule has 0 saturated heterocycles. The molecule has 23 heavy (non-hydrogen) atoms. The number of hydrogen-bond donors (Lipinski definition) is 0. The Hall–Kier alpha value is -2.04. The van der Waals surface area contributed by atoms with Crippen molar-refractivity contribution in [3.8, 4) is 5.75 Å². The quantitative estimate of drug-likeness (QED) is 0.792. The third-order valence-corrected chi connectivity index (χ3v) is 4.36. The fourth-order valence-electron chi connectivity index (χ4n) is 2.49. The molecule has 2 aromatic carbocycles. The van der Waals surface area contributed by atoms with E-state index in [9.17, 15) is 9.59 Å². The van der Waals surface area contributed by atoms with Gasteiger partial charge in [-0.05, 0) is 35.9 Å². The first-order valence-electron chi connectivity index (χ1n) is 7.05. The van der Waals surface area contributed by atoms with Crippen LogP contribution >= 0.6 is 23.2 Å². The van der Waals surface area contributed by atoms with E-state index in [1.807, 2.05) is 0 Å². The highest BCUT2D eigenvalue weighted by atomic mass is 35.5. The van der Waals surface area contributed by atoms with Crippen LogP contribution in [0.5, 0.6) is 5.75 Å². The lowest BCUT2D eigenvalue weighted by molar-refractivity contribution is -0.118. The molecule has 6 heteroatoms. The lowest BCUT2D eigenvalue weighted by atomic mass is 10.1. The molecule has 0 aliphatic carbocycles. The molecular formula is C17H13Cl2NO3. The predicted molar refractivity (Wildman–Crippen MR) is 89.8 cm³/mol. The number of anilines is 1. The number of carbonyl (C=O) groups excluding carboxylic acids is 2.